The number of fused-ring (bicyclic) bond motifs is 10. The Balaban J connectivity index is 1.09. The average molecular weight is 849 g/mol. The van der Waals surface area contributed by atoms with E-state index in [1.54, 1.807) is 0 Å². The van der Waals surface area contributed by atoms with Gasteiger partial charge in [0.15, 0.2) is 8.07 Å². The minimum absolute atomic E-state index is 1.15. The first-order valence-corrected chi connectivity index (χ1v) is 24.8. The van der Waals surface area contributed by atoms with E-state index in [9.17, 15) is 0 Å². The highest BCUT2D eigenvalue weighted by atomic mass is 32.1. The van der Waals surface area contributed by atoms with Crippen LogP contribution in [0.15, 0.2) is 243 Å². The molecular formula is C60H40N2SSi. The van der Waals surface area contributed by atoms with E-state index in [0.717, 1.165) is 5.69 Å². The zero-order valence-electron chi connectivity index (χ0n) is 34.9. The summed E-state index contributed by atoms with van der Waals surface area (Å²) in [7, 11) is -2.84. The second-order valence-electron chi connectivity index (χ2n) is 16.8. The Morgan fingerprint density at radius 3 is 1.42 bits per heavy atom. The van der Waals surface area contributed by atoms with Crippen LogP contribution in [0.5, 0.6) is 0 Å². The maximum atomic E-state index is 2.54. The van der Waals surface area contributed by atoms with Gasteiger partial charge in [0.2, 0.25) is 0 Å². The lowest BCUT2D eigenvalue weighted by molar-refractivity contribution is 1.18. The van der Waals surface area contributed by atoms with Crippen LogP contribution in [0.2, 0.25) is 0 Å². The van der Waals surface area contributed by atoms with Gasteiger partial charge >= 0.3 is 0 Å². The normalized spacial score (nSPS) is 12.1. The molecule has 0 saturated carbocycles. The van der Waals surface area contributed by atoms with Crippen LogP contribution in [0, 0.1) is 0 Å². The maximum absolute atomic E-state index is 2.84. The molecule has 13 aromatic rings. The molecule has 0 N–H and O–H groups in total. The smallest absolute Gasteiger partial charge is 0.179 e. The van der Waals surface area contributed by atoms with Gasteiger partial charge in [-0.25, -0.2) is 0 Å². The quantitative estimate of drug-likeness (QED) is 0.112. The molecule has 0 atom stereocenters. The van der Waals surface area contributed by atoms with Crippen LogP contribution in [0.25, 0.3) is 86.3 Å². The van der Waals surface area contributed by atoms with Crippen LogP contribution in [-0.4, -0.2) is 17.2 Å². The first-order valence-electron chi connectivity index (χ1n) is 22.0. The lowest BCUT2D eigenvalue weighted by Crippen LogP contribution is -2.74. The fraction of sp³-hybridized carbons (Fsp3) is 0. The Hall–Kier alpha value is -7.76. The van der Waals surface area contributed by atoms with Gasteiger partial charge in [-0.2, -0.15) is 0 Å². The van der Waals surface area contributed by atoms with E-state index in [4.69, 9.17) is 0 Å². The maximum Gasteiger partial charge on any atom is 0.179 e. The average Bonchev–Trinajstić information content (AvgIpc) is 4.03. The fourth-order valence-electron chi connectivity index (χ4n) is 10.7. The summed E-state index contributed by atoms with van der Waals surface area (Å²) >= 11 is 1.90. The first kappa shape index (κ1) is 36.9. The highest BCUT2D eigenvalue weighted by Crippen LogP contribution is 2.47. The van der Waals surface area contributed by atoms with Crippen molar-refractivity contribution >= 4 is 104 Å². The van der Waals surface area contributed by atoms with E-state index in [0.29, 0.717) is 0 Å². The molecule has 0 fully saturated rings. The van der Waals surface area contributed by atoms with Crippen molar-refractivity contribution in [3.05, 3.63) is 243 Å². The van der Waals surface area contributed by atoms with Crippen molar-refractivity contribution in [3.8, 4) is 22.5 Å². The molecule has 4 heteroatoms. The van der Waals surface area contributed by atoms with Gasteiger partial charge in [0.25, 0.3) is 0 Å². The number of aromatic nitrogens is 2. The summed E-state index contributed by atoms with van der Waals surface area (Å²) in [5.41, 5.74) is 9.72. The minimum Gasteiger partial charge on any atom is -0.309 e. The molecule has 0 aliphatic rings. The van der Waals surface area contributed by atoms with Crippen LogP contribution < -0.4 is 20.7 Å². The van der Waals surface area contributed by atoms with Crippen molar-refractivity contribution in [2.75, 3.05) is 0 Å². The summed E-state index contributed by atoms with van der Waals surface area (Å²) in [6, 6.07) is 90.4. The lowest BCUT2D eigenvalue weighted by atomic mass is 10.1. The number of hydrogen-bond donors (Lipinski definition) is 0. The Kier molecular flexibility index (Phi) is 8.45. The van der Waals surface area contributed by atoms with Crippen LogP contribution in [0.1, 0.15) is 0 Å². The zero-order valence-corrected chi connectivity index (χ0v) is 36.7. The molecular weight excluding hydrogens is 809 g/mol. The van der Waals surface area contributed by atoms with E-state index < -0.39 is 8.07 Å². The highest BCUT2D eigenvalue weighted by Gasteiger charge is 2.41. The molecule has 0 spiro atoms. The third-order valence-electron chi connectivity index (χ3n) is 13.5. The second-order valence-corrected chi connectivity index (χ2v) is 21.7. The molecule has 0 aliphatic carbocycles. The number of thiophene rings is 1. The van der Waals surface area contributed by atoms with Gasteiger partial charge in [0.1, 0.15) is 0 Å². The van der Waals surface area contributed by atoms with Crippen molar-refractivity contribution in [1.29, 1.82) is 0 Å². The van der Waals surface area contributed by atoms with Crippen molar-refractivity contribution in [1.82, 2.24) is 9.13 Å². The Morgan fingerprint density at radius 2 is 0.797 bits per heavy atom. The SMILES string of the molecule is c1ccc(-c2cccc([Si](c3ccccc3)(c3ccccc3)c3ccc(-n4c5ccccc5c5cc(-n6c7ccccc7c7ccccc76)c6sc7ccccc7c6c54)cc3)c2)cc1. The van der Waals surface area contributed by atoms with Crippen LogP contribution in [0.3, 0.4) is 0 Å². The van der Waals surface area contributed by atoms with Crippen LogP contribution in [-0.2, 0) is 0 Å². The Labute approximate surface area is 376 Å². The molecule has 0 radical (unpaired) electrons. The third kappa shape index (κ3) is 5.43. The molecule has 0 saturated heterocycles. The third-order valence-corrected chi connectivity index (χ3v) is 19.4. The first-order chi connectivity index (χ1) is 31.8. The molecule has 0 bridgehead atoms. The van der Waals surface area contributed by atoms with Crippen molar-refractivity contribution < 1.29 is 0 Å². The van der Waals surface area contributed by atoms with Crippen molar-refractivity contribution in [2.45, 2.75) is 0 Å². The van der Waals surface area contributed by atoms with E-state index in [-0.39, 0.29) is 0 Å². The monoisotopic (exact) mass is 848 g/mol. The molecule has 0 aliphatic heterocycles. The lowest BCUT2D eigenvalue weighted by Gasteiger charge is -2.35. The molecule has 10 aromatic carbocycles. The number of rotatable bonds is 7. The Morgan fingerprint density at radius 1 is 0.328 bits per heavy atom. The van der Waals surface area contributed by atoms with Gasteiger partial charge in [-0.15, -0.1) is 11.3 Å². The van der Waals surface area contributed by atoms with E-state index in [1.807, 2.05) is 11.3 Å². The summed E-state index contributed by atoms with van der Waals surface area (Å²) in [5, 5.41) is 13.1. The van der Waals surface area contributed by atoms with Gasteiger partial charge in [0, 0.05) is 42.7 Å². The van der Waals surface area contributed by atoms with E-state index >= 15 is 0 Å². The summed E-state index contributed by atoms with van der Waals surface area (Å²) in [6.45, 7) is 0. The molecule has 13 rings (SSSR count). The topological polar surface area (TPSA) is 9.86 Å². The van der Waals surface area contributed by atoms with Crippen molar-refractivity contribution in [2.24, 2.45) is 0 Å². The standard InChI is InChI=1S/C60H40N2SSi/c1-4-19-41(20-5-1)42-21-18-26-47(39-42)64(44-22-6-2-7-23-44,45-24-8-3-9-25-45)46-37-35-43(36-38-46)61-53-31-14-12-29-50(53)52-40-56(60-58(59(52)61)51-30-13-17-34-57(51)63-60)62-54-32-15-10-27-48(54)49-28-11-16-33-55(49)62/h1-40H. The predicted octanol–water partition coefficient (Wildman–Crippen LogP) is 13.3. The molecule has 3 aromatic heterocycles. The number of para-hydroxylation sites is 3. The van der Waals surface area contributed by atoms with Gasteiger partial charge in [-0.05, 0) is 74.3 Å². The van der Waals surface area contributed by atoms with E-state index in [2.05, 4.69) is 252 Å². The molecule has 64 heavy (non-hydrogen) atoms. The number of benzene rings is 10. The number of hydrogen-bond acceptors (Lipinski definition) is 1. The van der Waals surface area contributed by atoms with Gasteiger partial charge in [-0.1, -0.05) is 200 Å². The molecule has 3 heterocycles. The fourth-order valence-corrected chi connectivity index (χ4v) is 16.7. The molecule has 2 nitrogen and oxygen atoms in total. The van der Waals surface area contributed by atoms with E-state index in [1.165, 1.54) is 101 Å². The zero-order chi connectivity index (χ0) is 42.2. The molecule has 0 amide bonds. The molecule has 300 valence electrons. The largest absolute Gasteiger partial charge is 0.309 e. The minimum atomic E-state index is -2.84. The van der Waals surface area contributed by atoms with Crippen LogP contribution >= 0.6 is 11.3 Å². The highest BCUT2D eigenvalue weighted by molar-refractivity contribution is 7.26. The summed E-state index contributed by atoms with van der Waals surface area (Å²) in [4.78, 5) is 0. The van der Waals surface area contributed by atoms with Crippen LogP contribution in [0.4, 0.5) is 0 Å². The van der Waals surface area contributed by atoms with Crippen molar-refractivity contribution in [3.63, 3.8) is 0 Å². The number of nitrogens with zero attached hydrogens (tertiary/aromatic N) is 2. The summed E-state index contributed by atoms with van der Waals surface area (Å²) < 4.78 is 7.63. The van der Waals surface area contributed by atoms with Gasteiger partial charge < -0.3 is 9.13 Å². The summed E-state index contributed by atoms with van der Waals surface area (Å²) in [5.74, 6) is 0. The second kappa shape index (κ2) is 14.7. The molecule has 0 unspecified atom stereocenters. The Bertz CT molecular complexity index is 3790. The van der Waals surface area contributed by atoms with Gasteiger partial charge in [0.05, 0.1) is 32.5 Å². The van der Waals surface area contributed by atoms with Gasteiger partial charge in [-0.3, -0.25) is 0 Å². The predicted molar refractivity (Wildman–Crippen MR) is 277 cm³/mol. The summed E-state index contributed by atoms with van der Waals surface area (Å²) in [6.07, 6.45) is 0.